The van der Waals surface area contributed by atoms with Crippen molar-refractivity contribution in [1.82, 2.24) is 4.98 Å². The van der Waals surface area contributed by atoms with Crippen LogP contribution in [0.25, 0.3) is 21.3 Å². The quantitative estimate of drug-likeness (QED) is 0.665. The van der Waals surface area contributed by atoms with E-state index in [9.17, 15) is 14.3 Å². The van der Waals surface area contributed by atoms with Crippen LogP contribution in [0.5, 0.6) is 0 Å². The molecular formula is C21H20FNO2S. The van der Waals surface area contributed by atoms with Gasteiger partial charge in [0.1, 0.15) is 10.6 Å². The molecule has 134 valence electrons. The van der Waals surface area contributed by atoms with Crippen LogP contribution >= 0.6 is 11.3 Å². The van der Waals surface area contributed by atoms with E-state index in [1.807, 2.05) is 6.92 Å². The summed E-state index contributed by atoms with van der Waals surface area (Å²) in [4.78, 5) is 18.9. The van der Waals surface area contributed by atoms with E-state index in [0.717, 1.165) is 51.9 Å². The van der Waals surface area contributed by atoms with E-state index in [4.69, 9.17) is 4.98 Å². The molecule has 1 aliphatic carbocycles. The summed E-state index contributed by atoms with van der Waals surface area (Å²) < 4.78 is 13.5. The number of thiophene rings is 1. The van der Waals surface area contributed by atoms with Crippen LogP contribution in [0.1, 0.15) is 47.4 Å². The first-order chi connectivity index (χ1) is 12.5. The number of aliphatic carboxylic acids is 1. The molecule has 4 rings (SSSR count). The summed E-state index contributed by atoms with van der Waals surface area (Å²) in [5.41, 5.74) is 4.56. The number of fused-ring (bicyclic) bond motifs is 3. The van der Waals surface area contributed by atoms with Crippen molar-refractivity contribution in [1.29, 1.82) is 0 Å². The van der Waals surface area contributed by atoms with Gasteiger partial charge in [0, 0.05) is 16.0 Å². The van der Waals surface area contributed by atoms with Crippen LogP contribution in [-0.4, -0.2) is 16.1 Å². The van der Waals surface area contributed by atoms with E-state index in [0.29, 0.717) is 0 Å². The van der Waals surface area contributed by atoms with Crippen molar-refractivity contribution in [2.45, 2.75) is 45.4 Å². The molecule has 0 amide bonds. The summed E-state index contributed by atoms with van der Waals surface area (Å²) in [7, 11) is 0. The van der Waals surface area contributed by atoms with Crippen molar-refractivity contribution in [2.24, 2.45) is 0 Å². The van der Waals surface area contributed by atoms with Crippen LogP contribution in [0.2, 0.25) is 0 Å². The van der Waals surface area contributed by atoms with Crippen molar-refractivity contribution < 1.29 is 14.3 Å². The minimum absolute atomic E-state index is 0.295. The molecule has 1 aliphatic rings. The topological polar surface area (TPSA) is 50.2 Å². The third-order valence-corrected chi connectivity index (χ3v) is 6.45. The first-order valence-electron chi connectivity index (χ1n) is 8.91. The molecule has 0 bridgehead atoms. The molecule has 2 aromatic heterocycles. The molecule has 0 saturated carbocycles. The van der Waals surface area contributed by atoms with Gasteiger partial charge in [0.25, 0.3) is 0 Å². The van der Waals surface area contributed by atoms with Gasteiger partial charge in [0.2, 0.25) is 0 Å². The zero-order chi connectivity index (χ0) is 18.4. The van der Waals surface area contributed by atoms with Crippen molar-refractivity contribution in [3.8, 4) is 11.1 Å². The zero-order valence-corrected chi connectivity index (χ0v) is 15.6. The van der Waals surface area contributed by atoms with Gasteiger partial charge < -0.3 is 5.11 Å². The Morgan fingerprint density at radius 3 is 2.62 bits per heavy atom. The number of aromatic nitrogens is 1. The number of rotatable bonds is 3. The van der Waals surface area contributed by atoms with Gasteiger partial charge in [-0.25, -0.2) is 9.37 Å². The lowest BCUT2D eigenvalue weighted by molar-refractivity contribution is -0.138. The maximum Gasteiger partial charge on any atom is 0.310 e. The van der Waals surface area contributed by atoms with Gasteiger partial charge in [-0.15, -0.1) is 11.3 Å². The van der Waals surface area contributed by atoms with E-state index in [1.54, 1.807) is 30.4 Å². The van der Waals surface area contributed by atoms with E-state index < -0.39 is 11.9 Å². The van der Waals surface area contributed by atoms with Crippen LogP contribution in [0.3, 0.4) is 0 Å². The fourth-order valence-corrected chi connectivity index (χ4v) is 5.30. The van der Waals surface area contributed by atoms with Gasteiger partial charge in [0.05, 0.1) is 5.92 Å². The molecule has 1 aromatic carbocycles. The molecule has 0 fully saturated rings. The second kappa shape index (κ2) is 6.47. The highest BCUT2D eigenvalue weighted by Gasteiger charge is 2.27. The summed E-state index contributed by atoms with van der Waals surface area (Å²) in [5.74, 6) is -1.84. The molecule has 1 atom stereocenters. The molecule has 0 saturated heterocycles. The third-order valence-electron chi connectivity index (χ3n) is 5.27. The van der Waals surface area contributed by atoms with Crippen molar-refractivity contribution in [3.63, 3.8) is 0 Å². The standard InChI is InChI=1S/C21H20FNO2S/c1-11(21(24)25)17-12(2)23-20-19(15-5-3-4-6-16(15)26-20)18(17)13-7-9-14(22)10-8-13/h7-11H,3-6H2,1-2H3,(H,24,25). The lowest BCUT2D eigenvalue weighted by Crippen LogP contribution is -2.12. The minimum atomic E-state index is -0.873. The summed E-state index contributed by atoms with van der Waals surface area (Å²) in [6.07, 6.45) is 4.37. The number of carbonyl (C=O) groups is 1. The first-order valence-corrected chi connectivity index (χ1v) is 9.72. The third kappa shape index (κ3) is 2.71. The highest BCUT2D eigenvalue weighted by atomic mass is 32.1. The van der Waals surface area contributed by atoms with Gasteiger partial charge in [-0.05, 0) is 73.9 Å². The Bertz CT molecular complexity index is 1010. The Labute approximate surface area is 155 Å². The number of hydrogen-bond donors (Lipinski definition) is 1. The predicted molar refractivity (Wildman–Crippen MR) is 102 cm³/mol. The maximum atomic E-state index is 13.5. The summed E-state index contributed by atoms with van der Waals surface area (Å²) in [6, 6.07) is 6.36. The zero-order valence-electron chi connectivity index (χ0n) is 14.8. The lowest BCUT2D eigenvalue weighted by Gasteiger charge is -2.19. The molecule has 3 aromatic rings. The van der Waals surface area contributed by atoms with Gasteiger partial charge in [-0.2, -0.15) is 0 Å². The predicted octanol–water partition coefficient (Wildman–Crippen LogP) is 5.48. The second-order valence-electron chi connectivity index (χ2n) is 6.94. The highest BCUT2D eigenvalue weighted by Crippen LogP contribution is 2.44. The van der Waals surface area contributed by atoms with Crippen molar-refractivity contribution in [3.05, 3.63) is 51.8 Å². The summed E-state index contributed by atoms with van der Waals surface area (Å²) in [5, 5.41) is 10.7. The molecule has 1 N–H and O–H groups in total. The number of hydrogen-bond acceptors (Lipinski definition) is 3. The Balaban J connectivity index is 2.11. The number of carboxylic acid groups (broad SMARTS) is 1. The lowest BCUT2D eigenvalue weighted by atomic mass is 9.86. The van der Waals surface area contributed by atoms with Gasteiger partial charge in [0.15, 0.2) is 0 Å². The average Bonchev–Trinajstić information content (AvgIpc) is 2.98. The van der Waals surface area contributed by atoms with E-state index >= 15 is 0 Å². The Hall–Kier alpha value is -2.27. The fraction of sp³-hybridized carbons (Fsp3) is 0.333. The van der Waals surface area contributed by atoms with Gasteiger partial charge in [-0.3, -0.25) is 4.79 Å². The molecule has 26 heavy (non-hydrogen) atoms. The fourth-order valence-electron chi connectivity index (χ4n) is 3.99. The molecular weight excluding hydrogens is 349 g/mol. The van der Waals surface area contributed by atoms with Crippen molar-refractivity contribution >= 4 is 27.5 Å². The van der Waals surface area contributed by atoms with Crippen molar-refractivity contribution in [2.75, 3.05) is 0 Å². The minimum Gasteiger partial charge on any atom is -0.481 e. The molecule has 0 aliphatic heterocycles. The first kappa shape index (κ1) is 17.2. The summed E-state index contributed by atoms with van der Waals surface area (Å²) >= 11 is 1.72. The molecule has 2 heterocycles. The Kier molecular flexibility index (Phi) is 4.27. The number of halogens is 1. The number of pyridine rings is 1. The second-order valence-corrected chi connectivity index (χ2v) is 8.03. The largest absolute Gasteiger partial charge is 0.481 e. The monoisotopic (exact) mass is 369 g/mol. The Morgan fingerprint density at radius 2 is 1.92 bits per heavy atom. The van der Waals surface area contributed by atoms with Crippen LogP contribution in [0, 0.1) is 12.7 Å². The van der Waals surface area contributed by atoms with Crippen LogP contribution in [0.4, 0.5) is 4.39 Å². The van der Waals surface area contributed by atoms with Gasteiger partial charge >= 0.3 is 5.97 Å². The SMILES string of the molecule is Cc1nc2sc3c(c2c(-c2ccc(F)cc2)c1C(C)C(=O)O)CCCC3. The van der Waals surface area contributed by atoms with Crippen LogP contribution in [-0.2, 0) is 17.6 Å². The van der Waals surface area contributed by atoms with Crippen LogP contribution < -0.4 is 0 Å². The number of nitrogens with zero attached hydrogens (tertiary/aromatic N) is 1. The van der Waals surface area contributed by atoms with E-state index in [1.165, 1.54) is 29.0 Å². The number of carboxylic acids is 1. The molecule has 0 spiro atoms. The number of benzene rings is 1. The molecule has 3 nitrogen and oxygen atoms in total. The van der Waals surface area contributed by atoms with E-state index in [-0.39, 0.29) is 5.82 Å². The maximum absolute atomic E-state index is 13.5. The Morgan fingerprint density at radius 1 is 1.23 bits per heavy atom. The van der Waals surface area contributed by atoms with E-state index in [2.05, 4.69) is 0 Å². The van der Waals surface area contributed by atoms with Crippen LogP contribution in [0.15, 0.2) is 24.3 Å². The number of aryl methyl sites for hydroxylation is 3. The molecule has 5 heteroatoms. The molecule has 0 radical (unpaired) electrons. The average molecular weight is 369 g/mol. The summed E-state index contributed by atoms with van der Waals surface area (Å²) in [6.45, 7) is 3.57. The normalized spacial score (nSPS) is 15.0. The van der Waals surface area contributed by atoms with Gasteiger partial charge in [-0.1, -0.05) is 12.1 Å². The highest BCUT2D eigenvalue weighted by molar-refractivity contribution is 7.19. The molecule has 1 unspecified atom stereocenters. The smallest absolute Gasteiger partial charge is 0.310 e.